The lowest BCUT2D eigenvalue weighted by molar-refractivity contribution is 0.0341. The number of rotatable bonds is 2. The zero-order valence-corrected chi connectivity index (χ0v) is 12.1. The first-order valence-electron chi connectivity index (χ1n) is 7.07. The number of aromatic nitrogens is 1. The van der Waals surface area contributed by atoms with Gasteiger partial charge in [-0.05, 0) is 38.1 Å². The Kier molecular flexibility index (Phi) is 3.51. The van der Waals surface area contributed by atoms with Crippen LogP contribution in [-0.4, -0.2) is 41.4 Å². The van der Waals surface area contributed by atoms with Crippen molar-refractivity contribution in [2.24, 2.45) is 0 Å². The van der Waals surface area contributed by atoms with Gasteiger partial charge in [-0.2, -0.15) is 0 Å². The molecule has 1 aliphatic heterocycles. The molecule has 21 heavy (non-hydrogen) atoms. The quantitative estimate of drug-likeness (QED) is 0.919. The van der Waals surface area contributed by atoms with Gasteiger partial charge in [0, 0.05) is 11.9 Å². The number of ether oxygens (including phenoxy) is 1. The van der Waals surface area contributed by atoms with Gasteiger partial charge in [-0.1, -0.05) is 6.07 Å². The van der Waals surface area contributed by atoms with Crippen molar-refractivity contribution in [3.63, 3.8) is 0 Å². The van der Waals surface area contributed by atoms with Crippen molar-refractivity contribution in [1.29, 1.82) is 0 Å². The van der Waals surface area contributed by atoms with E-state index in [1.54, 1.807) is 12.1 Å². The Morgan fingerprint density at radius 2 is 2.14 bits per heavy atom. The van der Waals surface area contributed by atoms with Crippen LogP contribution in [-0.2, 0) is 4.74 Å². The Balaban J connectivity index is 2.03. The van der Waals surface area contributed by atoms with Gasteiger partial charge in [0.15, 0.2) is 0 Å². The molecule has 1 fully saturated rings. The summed E-state index contributed by atoms with van der Waals surface area (Å²) in [6, 6.07) is 9.17. The predicted octanol–water partition coefficient (Wildman–Crippen LogP) is 2.55. The molecule has 0 aliphatic carbocycles. The third-order valence-corrected chi connectivity index (χ3v) is 3.85. The van der Waals surface area contributed by atoms with Gasteiger partial charge >= 0.3 is 5.97 Å². The van der Waals surface area contributed by atoms with Crippen molar-refractivity contribution in [1.82, 2.24) is 4.98 Å². The van der Waals surface area contributed by atoms with Crippen LogP contribution in [0.5, 0.6) is 0 Å². The third-order valence-electron chi connectivity index (χ3n) is 3.85. The van der Waals surface area contributed by atoms with Crippen LogP contribution in [0.25, 0.3) is 10.9 Å². The molecule has 110 valence electrons. The molecule has 5 heteroatoms. The number of anilines is 1. The number of fused-ring (bicyclic) bond motifs is 1. The number of hydrogen-bond acceptors (Lipinski definition) is 4. The smallest absolute Gasteiger partial charge is 0.336 e. The van der Waals surface area contributed by atoms with Crippen LogP contribution in [0, 0.1) is 0 Å². The molecule has 2 aromatic rings. The van der Waals surface area contributed by atoms with Crippen LogP contribution in [0.4, 0.5) is 5.82 Å². The van der Waals surface area contributed by atoms with Crippen LogP contribution in [0.1, 0.15) is 24.2 Å². The number of pyridine rings is 1. The largest absolute Gasteiger partial charge is 0.478 e. The second-order valence-corrected chi connectivity index (χ2v) is 5.49. The van der Waals surface area contributed by atoms with Gasteiger partial charge in [0.1, 0.15) is 5.82 Å². The number of carbonyl (C=O) groups is 1. The van der Waals surface area contributed by atoms with E-state index in [0.29, 0.717) is 17.5 Å². The molecule has 0 bridgehead atoms. The molecule has 2 heterocycles. The van der Waals surface area contributed by atoms with E-state index >= 15 is 0 Å². The number of carboxylic acids is 1. The fraction of sp³-hybridized carbons (Fsp3) is 0.375. The van der Waals surface area contributed by atoms with E-state index in [2.05, 4.69) is 16.8 Å². The first kappa shape index (κ1) is 13.8. The highest BCUT2D eigenvalue weighted by Gasteiger charge is 2.24. The highest BCUT2D eigenvalue weighted by Crippen LogP contribution is 2.24. The van der Waals surface area contributed by atoms with Crippen molar-refractivity contribution in [2.45, 2.75) is 26.0 Å². The number of morpholine rings is 1. The van der Waals surface area contributed by atoms with Crippen molar-refractivity contribution in [3.8, 4) is 0 Å². The zero-order chi connectivity index (χ0) is 15.0. The van der Waals surface area contributed by atoms with Crippen LogP contribution in [0.2, 0.25) is 0 Å². The number of hydrogen-bond donors (Lipinski definition) is 1. The van der Waals surface area contributed by atoms with E-state index in [0.717, 1.165) is 12.4 Å². The Bertz CT molecular complexity index is 686. The highest BCUT2D eigenvalue weighted by molar-refractivity contribution is 6.02. The molecule has 1 N–H and O–H groups in total. The van der Waals surface area contributed by atoms with E-state index in [-0.39, 0.29) is 17.7 Å². The molecule has 0 amide bonds. The average Bonchev–Trinajstić information content (AvgIpc) is 2.48. The van der Waals surface area contributed by atoms with E-state index < -0.39 is 5.97 Å². The Morgan fingerprint density at radius 3 is 2.90 bits per heavy atom. The normalized spacial score (nSPS) is 22.5. The van der Waals surface area contributed by atoms with E-state index in [4.69, 9.17) is 4.74 Å². The summed E-state index contributed by atoms with van der Waals surface area (Å²) in [7, 11) is 0. The van der Waals surface area contributed by atoms with Crippen LogP contribution in [0.15, 0.2) is 30.3 Å². The van der Waals surface area contributed by atoms with Crippen molar-refractivity contribution >= 4 is 22.7 Å². The summed E-state index contributed by atoms with van der Waals surface area (Å²) in [5.74, 6) is -0.0591. The molecular weight excluding hydrogens is 268 g/mol. The van der Waals surface area contributed by atoms with Gasteiger partial charge in [0.05, 0.1) is 29.8 Å². The first-order valence-corrected chi connectivity index (χ1v) is 7.07. The van der Waals surface area contributed by atoms with E-state index in [1.165, 1.54) is 0 Å². The second kappa shape index (κ2) is 5.33. The summed E-state index contributed by atoms with van der Waals surface area (Å²) in [5, 5.41) is 9.89. The average molecular weight is 286 g/mol. The van der Waals surface area contributed by atoms with Crippen LogP contribution >= 0.6 is 0 Å². The minimum Gasteiger partial charge on any atom is -0.478 e. The molecule has 1 aliphatic rings. The molecule has 3 rings (SSSR count). The zero-order valence-electron chi connectivity index (χ0n) is 12.1. The third kappa shape index (κ3) is 2.56. The fourth-order valence-electron chi connectivity index (χ4n) is 2.71. The number of benzene rings is 1. The lowest BCUT2D eigenvalue weighted by atomic mass is 10.1. The molecule has 2 unspecified atom stereocenters. The number of aromatic carboxylic acids is 1. The molecular formula is C16H18N2O3. The maximum Gasteiger partial charge on any atom is 0.336 e. The molecule has 0 radical (unpaired) electrons. The Hall–Kier alpha value is -2.14. The lowest BCUT2D eigenvalue weighted by Crippen LogP contribution is -2.47. The molecule has 0 saturated carbocycles. The highest BCUT2D eigenvalue weighted by atomic mass is 16.5. The van der Waals surface area contributed by atoms with E-state index in [9.17, 15) is 9.90 Å². The standard InChI is InChI=1S/C16H18N2O3/c1-10-9-21-11(2)8-18(10)15-7-6-12-13(16(19)20)4-3-5-14(12)17-15/h3-7,10-11H,8-9H2,1-2H3,(H,19,20). The maximum absolute atomic E-state index is 11.2. The number of carboxylic acid groups (broad SMARTS) is 1. The molecule has 2 atom stereocenters. The van der Waals surface area contributed by atoms with Gasteiger partial charge in [-0.3, -0.25) is 0 Å². The van der Waals surface area contributed by atoms with Gasteiger partial charge in [0.25, 0.3) is 0 Å². The SMILES string of the molecule is CC1CN(c2ccc3c(C(=O)O)cccc3n2)C(C)CO1. The van der Waals surface area contributed by atoms with Crippen LogP contribution in [0.3, 0.4) is 0 Å². The summed E-state index contributed by atoms with van der Waals surface area (Å²) >= 11 is 0. The Morgan fingerprint density at radius 1 is 1.33 bits per heavy atom. The molecule has 0 spiro atoms. The summed E-state index contributed by atoms with van der Waals surface area (Å²) in [5.41, 5.74) is 0.994. The number of nitrogens with zero attached hydrogens (tertiary/aromatic N) is 2. The summed E-state index contributed by atoms with van der Waals surface area (Å²) in [6.45, 7) is 5.61. The lowest BCUT2D eigenvalue weighted by Gasteiger charge is -2.37. The van der Waals surface area contributed by atoms with Gasteiger partial charge in [-0.15, -0.1) is 0 Å². The molecule has 1 saturated heterocycles. The maximum atomic E-state index is 11.2. The van der Waals surface area contributed by atoms with Crippen molar-refractivity contribution in [2.75, 3.05) is 18.1 Å². The first-order chi connectivity index (χ1) is 10.1. The predicted molar refractivity (Wildman–Crippen MR) is 80.9 cm³/mol. The van der Waals surface area contributed by atoms with Crippen molar-refractivity contribution in [3.05, 3.63) is 35.9 Å². The van der Waals surface area contributed by atoms with Gasteiger partial charge in [0.2, 0.25) is 0 Å². The topological polar surface area (TPSA) is 62.7 Å². The summed E-state index contributed by atoms with van der Waals surface area (Å²) in [4.78, 5) is 18.1. The monoisotopic (exact) mass is 286 g/mol. The molecule has 5 nitrogen and oxygen atoms in total. The summed E-state index contributed by atoms with van der Waals surface area (Å²) < 4.78 is 5.63. The van der Waals surface area contributed by atoms with Crippen molar-refractivity contribution < 1.29 is 14.6 Å². The van der Waals surface area contributed by atoms with Gasteiger partial charge < -0.3 is 14.7 Å². The second-order valence-electron chi connectivity index (χ2n) is 5.49. The molecule has 1 aromatic heterocycles. The van der Waals surface area contributed by atoms with E-state index in [1.807, 2.05) is 25.1 Å². The minimum absolute atomic E-state index is 0.170. The summed E-state index contributed by atoms with van der Waals surface area (Å²) in [6.07, 6.45) is 0.170. The Labute approximate surface area is 123 Å². The molecule has 1 aromatic carbocycles. The fourth-order valence-corrected chi connectivity index (χ4v) is 2.71. The minimum atomic E-state index is -0.927. The van der Waals surface area contributed by atoms with Gasteiger partial charge in [-0.25, -0.2) is 9.78 Å². The van der Waals surface area contributed by atoms with Crippen LogP contribution < -0.4 is 4.90 Å².